The molecule has 0 spiro atoms. The molecule has 2 aromatic rings. The average Bonchev–Trinajstić information content (AvgIpc) is 3.08. The van der Waals surface area contributed by atoms with Crippen LogP contribution in [-0.2, 0) is 9.53 Å². The molecule has 0 radical (unpaired) electrons. The lowest BCUT2D eigenvalue weighted by Crippen LogP contribution is -2.14. The van der Waals surface area contributed by atoms with E-state index >= 15 is 0 Å². The number of benzene rings is 2. The van der Waals surface area contributed by atoms with Crippen molar-refractivity contribution in [2.45, 2.75) is 13.8 Å². The highest BCUT2D eigenvalue weighted by atomic mass is 32.2. The SMILES string of the molecule is CCOC(=O)C1=C(O)/C(=C/c2ccccc2OCC#N)SC1=NC(=O)c1ccc(C)cc1. The first kappa shape index (κ1) is 22.8. The molecule has 0 saturated heterocycles. The summed E-state index contributed by atoms with van der Waals surface area (Å²) < 4.78 is 10.5. The van der Waals surface area contributed by atoms with Crippen molar-refractivity contribution in [1.82, 2.24) is 0 Å². The Morgan fingerprint density at radius 1 is 1.19 bits per heavy atom. The highest BCUT2D eigenvalue weighted by Gasteiger charge is 2.34. The van der Waals surface area contributed by atoms with Crippen LogP contribution >= 0.6 is 11.8 Å². The quantitative estimate of drug-likeness (QED) is 0.643. The van der Waals surface area contributed by atoms with E-state index < -0.39 is 11.9 Å². The molecule has 0 aromatic heterocycles. The Labute approximate surface area is 189 Å². The van der Waals surface area contributed by atoms with E-state index in [0.717, 1.165) is 17.3 Å². The number of ether oxygens (including phenoxy) is 2. The number of carbonyl (C=O) groups excluding carboxylic acids is 2. The second kappa shape index (κ2) is 10.5. The van der Waals surface area contributed by atoms with Gasteiger partial charge >= 0.3 is 5.97 Å². The number of thioether (sulfide) groups is 1. The van der Waals surface area contributed by atoms with E-state index in [0.29, 0.717) is 21.8 Å². The number of rotatable bonds is 6. The first-order valence-electron chi connectivity index (χ1n) is 9.73. The second-order valence-corrected chi connectivity index (χ2v) is 7.66. The van der Waals surface area contributed by atoms with E-state index in [2.05, 4.69) is 4.99 Å². The lowest BCUT2D eigenvalue weighted by atomic mass is 10.1. The average molecular weight is 449 g/mol. The summed E-state index contributed by atoms with van der Waals surface area (Å²) in [6.07, 6.45) is 1.60. The fraction of sp³-hybridized carbons (Fsp3) is 0.167. The Morgan fingerprint density at radius 2 is 1.91 bits per heavy atom. The van der Waals surface area contributed by atoms with Gasteiger partial charge in [-0.15, -0.1) is 0 Å². The minimum absolute atomic E-state index is 0.0493. The van der Waals surface area contributed by atoms with Crippen LogP contribution in [0.1, 0.15) is 28.4 Å². The summed E-state index contributed by atoms with van der Waals surface area (Å²) >= 11 is 0.979. The van der Waals surface area contributed by atoms with Crippen molar-refractivity contribution in [3.63, 3.8) is 0 Å². The molecule has 0 aliphatic carbocycles. The van der Waals surface area contributed by atoms with Crippen molar-refractivity contribution < 1.29 is 24.2 Å². The van der Waals surface area contributed by atoms with Crippen molar-refractivity contribution >= 4 is 34.8 Å². The van der Waals surface area contributed by atoms with Gasteiger partial charge in [-0.2, -0.15) is 5.26 Å². The van der Waals surface area contributed by atoms with Gasteiger partial charge in [0.1, 0.15) is 28.2 Å². The molecule has 2 aromatic carbocycles. The Bertz CT molecular complexity index is 1170. The molecule has 0 fully saturated rings. The molecule has 0 unspecified atom stereocenters. The molecule has 1 heterocycles. The van der Waals surface area contributed by atoms with Gasteiger partial charge < -0.3 is 14.6 Å². The molecule has 0 bridgehead atoms. The van der Waals surface area contributed by atoms with E-state index in [4.69, 9.17) is 14.7 Å². The summed E-state index contributed by atoms with van der Waals surface area (Å²) in [5.74, 6) is -1.21. The van der Waals surface area contributed by atoms with E-state index in [-0.39, 0.29) is 29.6 Å². The number of hydrogen-bond acceptors (Lipinski definition) is 7. The molecule has 1 aliphatic rings. The van der Waals surface area contributed by atoms with Crippen molar-refractivity contribution in [2.75, 3.05) is 13.2 Å². The molecule has 0 atom stereocenters. The molecule has 1 aliphatic heterocycles. The largest absolute Gasteiger partial charge is 0.506 e. The monoisotopic (exact) mass is 448 g/mol. The highest BCUT2D eigenvalue weighted by Crippen LogP contribution is 2.40. The van der Waals surface area contributed by atoms with Crippen LogP contribution in [0, 0.1) is 18.3 Å². The van der Waals surface area contributed by atoms with Gasteiger partial charge in [-0.1, -0.05) is 47.7 Å². The number of aryl methyl sites for hydroxylation is 1. The van der Waals surface area contributed by atoms with Crippen molar-refractivity contribution in [3.05, 3.63) is 81.5 Å². The van der Waals surface area contributed by atoms with Crippen LogP contribution in [-0.4, -0.2) is 35.2 Å². The third-order valence-corrected chi connectivity index (χ3v) is 5.39. The molecule has 0 saturated carbocycles. The molecule has 3 rings (SSSR count). The Morgan fingerprint density at radius 3 is 2.59 bits per heavy atom. The second-order valence-electron chi connectivity index (χ2n) is 6.63. The van der Waals surface area contributed by atoms with Crippen LogP contribution in [0.5, 0.6) is 5.75 Å². The molecular weight excluding hydrogens is 428 g/mol. The number of aliphatic imine (C=N–C) groups is 1. The number of para-hydroxylation sites is 1. The van der Waals surface area contributed by atoms with E-state index in [1.807, 2.05) is 13.0 Å². The van der Waals surface area contributed by atoms with Crippen LogP contribution in [0.2, 0.25) is 0 Å². The van der Waals surface area contributed by atoms with E-state index in [1.54, 1.807) is 61.5 Å². The van der Waals surface area contributed by atoms with Crippen LogP contribution in [0.25, 0.3) is 6.08 Å². The van der Waals surface area contributed by atoms with Gasteiger partial charge in [-0.25, -0.2) is 9.79 Å². The third-order valence-electron chi connectivity index (χ3n) is 4.37. The number of aliphatic hydroxyl groups excluding tert-OH is 1. The number of hydrogen-bond donors (Lipinski definition) is 1. The Kier molecular flexibility index (Phi) is 7.47. The van der Waals surface area contributed by atoms with Crippen LogP contribution < -0.4 is 4.74 Å². The maximum atomic E-state index is 12.7. The predicted octanol–water partition coefficient (Wildman–Crippen LogP) is 4.60. The van der Waals surface area contributed by atoms with Crippen molar-refractivity contribution in [3.8, 4) is 11.8 Å². The van der Waals surface area contributed by atoms with E-state index in [9.17, 15) is 14.7 Å². The maximum absolute atomic E-state index is 12.7. The fourth-order valence-corrected chi connectivity index (χ4v) is 3.83. The van der Waals surface area contributed by atoms with Gasteiger partial charge in [-0.3, -0.25) is 4.79 Å². The molecule has 7 nitrogen and oxygen atoms in total. The van der Waals surface area contributed by atoms with Crippen LogP contribution in [0.15, 0.2) is 69.8 Å². The molecule has 32 heavy (non-hydrogen) atoms. The van der Waals surface area contributed by atoms with Crippen LogP contribution in [0.4, 0.5) is 0 Å². The van der Waals surface area contributed by atoms with Gasteiger partial charge in [0.2, 0.25) is 0 Å². The molecule has 1 N–H and O–H groups in total. The lowest BCUT2D eigenvalue weighted by Gasteiger charge is -2.06. The number of carbonyl (C=O) groups is 2. The number of nitriles is 1. The van der Waals surface area contributed by atoms with Gasteiger partial charge in [0.15, 0.2) is 6.61 Å². The Hall–Kier alpha value is -3.83. The minimum Gasteiger partial charge on any atom is -0.506 e. The number of aliphatic hydroxyl groups is 1. The van der Waals surface area contributed by atoms with Crippen LogP contribution in [0.3, 0.4) is 0 Å². The molecular formula is C24H20N2O5S. The van der Waals surface area contributed by atoms with E-state index in [1.165, 1.54) is 0 Å². The summed E-state index contributed by atoms with van der Waals surface area (Å²) in [5.41, 5.74) is 1.78. The maximum Gasteiger partial charge on any atom is 0.344 e. The van der Waals surface area contributed by atoms with Gasteiger partial charge in [-0.05, 0) is 38.1 Å². The zero-order valence-electron chi connectivity index (χ0n) is 17.5. The van der Waals surface area contributed by atoms with Crippen molar-refractivity contribution in [1.29, 1.82) is 5.26 Å². The summed E-state index contributed by atoms with van der Waals surface area (Å²) in [5, 5.41) is 19.6. The van der Waals surface area contributed by atoms with Gasteiger partial charge in [0.05, 0.1) is 11.5 Å². The molecule has 162 valence electrons. The normalized spacial score (nSPS) is 15.7. The number of amides is 1. The summed E-state index contributed by atoms with van der Waals surface area (Å²) in [4.78, 5) is 29.5. The summed E-state index contributed by atoms with van der Waals surface area (Å²) in [6, 6.07) is 15.7. The molecule has 8 heteroatoms. The number of nitrogens with zero attached hydrogens (tertiary/aromatic N) is 2. The Balaban J connectivity index is 2.01. The highest BCUT2D eigenvalue weighted by molar-refractivity contribution is 8.18. The first-order chi connectivity index (χ1) is 15.4. The predicted molar refractivity (Wildman–Crippen MR) is 122 cm³/mol. The third kappa shape index (κ3) is 5.25. The first-order valence-corrected chi connectivity index (χ1v) is 10.5. The fourth-order valence-electron chi connectivity index (χ4n) is 2.83. The standard InChI is InChI=1S/C24H20N2O5S/c1-3-30-24(29)20-21(27)19(14-17-6-4-5-7-18(17)31-13-12-25)32-23(20)26-22(28)16-10-8-15(2)9-11-16/h4-11,14,27H,3,13H2,1-2H3/b19-14-,26-23?. The topological polar surface area (TPSA) is 109 Å². The number of esters is 1. The van der Waals surface area contributed by atoms with Crippen molar-refractivity contribution in [2.24, 2.45) is 4.99 Å². The van der Waals surface area contributed by atoms with Gasteiger partial charge in [0, 0.05) is 11.1 Å². The van der Waals surface area contributed by atoms with Gasteiger partial charge in [0.25, 0.3) is 5.91 Å². The smallest absolute Gasteiger partial charge is 0.344 e. The molecule has 1 amide bonds. The summed E-state index contributed by atoms with van der Waals surface area (Å²) in [6.45, 7) is 3.51. The summed E-state index contributed by atoms with van der Waals surface area (Å²) in [7, 11) is 0. The zero-order valence-corrected chi connectivity index (χ0v) is 18.3. The minimum atomic E-state index is -0.773. The lowest BCUT2D eigenvalue weighted by molar-refractivity contribution is -0.138. The zero-order chi connectivity index (χ0) is 23.1.